The van der Waals surface area contributed by atoms with E-state index in [0.29, 0.717) is 12.5 Å². The molecule has 1 aromatic carbocycles. The Balaban J connectivity index is 1.63. The highest BCUT2D eigenvalue weighted by Crippen LogP contribution is 2.40. The number of nitrogens with zero attached hydrogens (tertiary/aromatic N) is 2. The van der Waals surface area contributed by atoms with Crippen LogP contribution in [0.15, 0.2) is 24.3 Å². The molecular weight excluding hydrogens is 312 g/mol. The van der Waals surface area contributed by atoms with Gasteiger partial charge in [-0.25, -0.2) is 0 Å². The number of hydrogen-bond acceptors (Lipinski definition) is 4. The molecule has 0 radical (unpaired) electrons. The Labute approximate surface area is 151 Å². The van der Waals surface area contributed by atoms with Crippen molar-refractivity contribution in [1.29, 1.82) is 5.26 Å². The first-order valence-corrected chi connectivity index (χ1v) is 9.42. The maximum absolute atomic E-state index is 9.63. The van der Waals surface area contributed by atoms with Crippen molar-refractivity contribution in [2.24, 2.45) is 0 Å². The van der Waals surface area contributed by atoms with Crippen LogP contribution in [0.1, 0.15) is 71.3 Å². The van der Waals surface area contributed by atoms with Crippen LogP contribution in [0.4, 0.5) is 0 Å². The van der Waals surface area contributed by atoms with Crippen molar-refractivity contribution in [1.82, 2.24) is 5.06 Å². The average Bonchev–Trinajstić information content (AvgIpc) is 2.96. The summed E-state index contributed by atoms with van der Waals surface area (Å²) < 4.78 is 5.76. The highest BCUT2D eigenvalue weighted by Gasteiger charge is 2.43. The standard InChI is InChI=1S/C21H30N2O2/c1-20(2)12-7-13-21(3,4)23(20)25-17(14-22)11-10-16-15-24-19-9-6-5-8-18(16)19/h5-6,8-9,16-17H,7,10-13,15H2,1-4H3. The van der Waals surface area contributed by atoms with Crippen LogP contribution < -0.4 is 4.74 Å². The van der Waals surface area contributed by atoms with Crippen molar-refractivity contribution in [2.45, 2.75) is 82.9 Å². The van der Waals surface area contributed by atoms with E-state index in [1.54, 1.807) is 0 Å². The van der Waals surface area contributed by atoms with Gasteiger partial charge in [0.05, 0.1) is 12.7 Å². The van der Waals surface area contributed by atoms with Crippen LogP contribution in [0.5, 0.6) is 5.75 Å². The van der Waals surface area contributed by atoms with Gasteiger partial charge in [0.15, 0.2) is 6.10 Å². The first-order chi connectivity index (χ1) is 11.8. The predicted molar refractivity (Wildman–Crippen MR) is 98.2 cm³/mol. The second-order valence-electron chi connectivity index (χ2n) is 8.62. The van der Waals surface area contributed by atoms with Crippen LogP contribution in [0.25, 0.3) is 0 Å². The Bertz CT molecular complexity index is 632. The van der Waals surface area contributed by atoms with Crippen LogP contribution >= 0.6 is 0 Å². The van der Waals surface area contributed by atoms with Crippen molar-refractivity contribution in [3.63, 3.8) is 0 Å². The summed E-state index contributed by atoms with van der Waals surface area (Å²) in [4.78, 5) is 6.25. The molecule has 2 aliphatic rings. The summed E-state index contributed by atoms with van der Waals surface area (Å²) in [6, 6.07) is 10.6. The number of para-hydroxylation sites is 1. The molecule has 1 aromatic rings. The van der Waals surface area contributed by atoms with Crippen LogP contribution in [0.2, 0.25) is 0 Å². The number of nitriles is 1. The summed E-state index contributed by atoms with van der Waals surface area (Å²) in [5, 5.41) is 11.7. The highest BCUT2D eigenvalue weighted by atomic mass is 16.7. The lowest BCUT2D eigenvalue weighted by Crippen LogP contribution is -2.59. The Kier molecular flexibility index (Phi) is 5.09. The van der Waals surface area contributed by atoms with Crippen LogP contribution in [-0.4, -0.2) is 28.9 Å². The highest BCUT2D eigenvalue weighted by molar-refractivity contribution is 5.39. The van der Waals surface area contributed by atoms with Crippen LogP contribution in [-0.2, 0) is 4.84 Å². The smallest absolute Gasteiger partial charge is 0.165 e. The summed E-state index contributed by atoms with van der Waals surface area (Å²) in [6.45, 7) is 9.55. The number of rotatable bonds is 5. The molecule has 1 fully saturated rings. The van der Waals surface area contributed by atoms with E-state index >= 15 is 0 Å². The van der Waals surface area contributed by atoms with Gasteiger partial charge >= 0.3 is 0 Å². The summed E-state index contributed by atoms with van der Waals surface area (Å²) in [5.74, 6) is 1.35. The SMILES string of the molecule is CC1(C)CCCC(C)(C)N1OC(C#N)CCC1COc2ccccc21. The number of piperidine rings is 1. The van der Waals surface area contributed by atoms with E-state index in [1.807, 2.05) is 12.1 Å². The molecule has 25 heavy (non-hydrogen) atoms. The molecular formula is C21H30N2O2. The van der Waals surface area contributed by atoms with Gasteiger partial charge in [-0.1, -0.05) is 18.2 Å². The minimum atomic E-state index is -0.413. The van der Waals surface area contributed by atoms with E-state index in [1.165, 1.54) is 12.0 Å². The molecule has 2 unspecified atom stereocenters. The zero-order valence-corrected chi connectivity index (χ0v) is 15.9. The third kappa shape index (κ3) is 3.83. The fraction of sp³-hybridized carbons (Fsp3) is 0.667. The first kappa shape index (κ1) is 18.2. The lowest BCUT2D eigenvalue weighted by Gasteiger charge is -2.51. The van der Waals surface area contributed by atoms with Crippen molar-refractivity contribution >= 4 is 0 Å². The number of fused-ring (bicyclic) bond motifs is 1. The summed E-state index contributed by atoms with van der Waals surface area (Å²) in [7, 11) is 0. The molecule has 2 atom stereocenters. The predicted octanol–water partition coefficient (Wildman–Crippen LogP) is 4.81. The van der Waals surface area contributed by atoms with Gasteiger partial charge in [0, 0.05) is 22.6 Å². The van der Waals surface area contributed by atoms with Crippen molar-refractivity contribution in [3.05, 3.63) is 29.8 Å². The molecule has 3 rings (SSSR count). The van der Waals surface area contributed by atoms with Gasteiger partial charge in [0.2, 0.25) is 0 Å². The van der Waals surface area contributed by atoms with E-state index in [0.717, 1.165) is 31.4 Å². The van der Waals surface area contributed by atoms with Crippen LogP contribution in [0.3, 0.4) is 0 Å². The largest absolute Gasteiger partial charge is 0.493 e. The number of benzene rings is 1. The normalized spacial score (nSPS) is 25.6. The minimum absolute atomic E-state index is 0.0417. The van der Waals surface area contributed by atoms with Crippen molar-refractivity contribution in [3.8, 4) is 11.8 Å². The molecule has 4 nitrogen and oxygen atoms in total. The molecule has 0 bridgehead atoms. The van der Waals surface area contributed by atoms with Gasteiger partial charge in [-0.2, -0.15) is 10.3 Å². The third-order valence-corrected chi connectivity index (χ3v) is 5.63. The number of ether oxygens (including phenoxy) is 1. The van der Waals surface area contributed by atoms with E-state index in [4.69, 9.17) is 9.57 Å². The minimum Gasteiger partial charge on any atom is -0.493 e. The quantitative estimate of drug-likeness (QED) is 0.770. The number of hydrogen-bond donors (Lipinski definition) is 0. The fourth-order valence-electron chi connectivity index (χ4n) is 4.35. The third-order valence-electron chi connectivity index (χ3n) is 5.63. The van der Waals surface area contributed by atoms with Crippen LogP contribution in [0, 0.1) is 11.3 Å². The molecule has 0 amide bonds. The monoisotopic (exact) mass is 342 g/mol. The van der Waals surface area contributed by atoms with Gasteiger partial charge < -0.3 is 4.74 Å². The number of hydroxylamine groups is 2. The maximum Gasteiger partial charge on any atom is 0.165 e. The van der Waals surface area contributed by atoms with E-state index in [-0.39, 0.29) is 11.1 Å². The molecule has 2 aliphatic heterocycles. The lowest BCUT2D eigenvalue weighted by molar-refractivity contribution is -0.295. The van der Waals surface area contributed by atoms with Crippen molar-refractivity contribution in [2.75, 3.05) is 6.61 Å². The first-order valence-electron chi connectivity index (χ1n) is 9.42. The van der Waals surface area contributed by atoms with Gasteiger partial charge in [0.1, 0.15) is 5.75 Å². The molecule has 0 N–H and O–H groups in total. The zero-order valence-electron chi connectivity index (χ0n) is 15.9. The molecule has 0 saturated carbocycles. The topological polar surface area (TPSA) is 45.5 Å². The molecule has 0 spiro atoms. The van der Waals surface area contributed by atoms with Crippen molar-refractivity contribution < 1.29 is 9.57 Å². The second-order valence-corrected chi connectivity index (χ2v) is 8.62. The van der Waals surface area contributed by atoms with E-state index in [2.05, 4.69) is 51.0 Å². The van der Waals surface area contributed by atoms with Gasteiger partial charge in [-0.15, -0.1) is 0 Å². The van der Waals surface area contributed by atoms with Gasteiger partial charge in [0.25, 0.3) is 0 Å². The zero-order chi connectivity index (χ0) is 18.1. The molecule has 1 saturated heterocycles. The van der Waals surface area contributed by atoms with Gasteiger partial charge in [-0.3, -0.25) is 4.84 Å². The Morgan fingerprint density at radius 3 is 2.60 bits per heavy atom. The summed E-state index contributed by atoms with van der Waals surface area (Å²) in [6.07, 6.45) is 4.61. The fourth-order valence-corrected chi connectivity index (χ4v) is 4.35. The summed E-state index contributed by atoms with van der Waals surface area (Å²) in [5.41, 5.74) is 1.18. The maximum atomic E-state index is 9.63. The Morgan fingerprint density at radius 1 is 1.24 bits per heavy atom. The average molecular weight is 342 g/mol. The molecule has 2 heterocycles. The lowest BCUT2D eigenvalue weighted by atomic mass is 9.82. The second kappa shape index (κ2) is 6.97. The Morgan fingerprint density at radius 2 is 1.92 bits per heavy atom. The molecule has 0 aromatic heterocycles. The molecule has 4 heteroatoms. The molecule has 0 aliphatic carbocycles. The summed E-state index contributed by atoms with van der Waals surface area (Å²) >= 11 is 0. The molecule has 136 valence electrons. The van der Waals surface area contributed by atoms with Gasteiger partial charge in [-0.05, 0) is 65.9 Å². The Hall–Kier alpha value is -1.57. The van der Waals surface area contributed by atoms with E-state index < -0.39 is 6.10 Å². The van der Waals surface area contributed by atoms with E-state index in [9.17, 15) is 5.26 Å².